The summed E-state index contributed by atoms with van der Waals surface area (Å²) in [4.78, 5) is 25.8. The maximum atomic E-state index is 12.7. The third-order valence-electron chi connectivity index (χ3n) is 5.19. The predicted octanol–water partition coefficient (Wildman–Crippen LogP) is 2.67. The van der Waals surface area contributed by atoms with Crippen molar-refractivity contribution < 1.29 is 4.79 Å². The minimum Gasteiger partial charge on any atom is -0.337 e. The molecule has 2 aromatic rings. The molecule has 0 N–H and O–H groups in total. The highest BCUT2D eigenvalue weighted by molar-refractivity contribution is 7.09. The number of amides is 1. The molecule has 2 aliphatic heterocycles. The molecule has 2 fully saturated rings. The Hall–Kier alpha value is -1.79. The molecular formula is C18H22N4OS. The van der Waals surface area contributed by atoms with Gasteiger partial charge in [-0.2, -0.15) is 0 Å². The fourth-order valence-corrected chi connectivity index (χ4v) is 4.72. The summed E-state index contributed by atoms with van der Waals surface area (Å²) >= 11 is 1.72. The van der Waals surface area contributed by atoms with E-state index in [1.165, 1.54) is 17.8 Å². The molecule has 24 heavy (non-hydrogen) atoms. The van der Waals surface area contributed by atoms with Crippen LogP contribution in [0.1, 0.15) is 34.8 Å². The van der Waals surface area contributed by atoms with Gasteiger partial charge < -0.3 is 4.90 Å². The summed E-state index contributed by atoms with van der Waals surface area (Å²) in [7, 11) is 0. The lowest BCUT2D eigenvalue weighted by atomic mass is 9.79. The normalized spacial score (nSPS) is 24.6. The van der Waals surface area contributed by atoms with Crippen molar-refractivity contribution in [3.8, 4) is 0 Å². The Morgan fingerprint density at radius 2 is 2.12 bits per heavy atom. The Bertz CT molecular complexity index is 690. The molecule has 1 atom stereocenters. The third kappa shape index (κ3) is 3.21. The molecule has 6 heteroatoms. The minimum atomic E-state index is 0.0736. The lowest BCUT2D eigenvalue weighted by Gasteiger charge is -2.40. The lowest BCUT2D eigenvalue weighted by Crippen LogP contribution is -2.45. The molecule has 4 rings (SSSR count). The monoisotopic (exact) mass is 342 g/mol. The van der Waals surface area contributed by atoms with Crippen LogP contribution in [-0.2, 0) is 6.54 Å². The molecule has 2 aliphatic rings. The van der Waals surface area contributed by atoms with Crippen molar-refractivity contribution in [2.75, 3.05) is 26.2 Å². The molecule has 0 saturated carbocycles. The average Bonchev–Trinajstić information content (AvgIpc) is 3.26. The number of pyridine rings is 1. The summed E-state index contributed by atoms with van der Waals surface area (Å²) in [5, 5.41) is 3.23. The first kappa shape index (κ1) is 15.7. The smallest absolute Gasteiger partial charge is 0.272 e. The second-order valence-corrected chi connectivity index (χ2v) is 7.91. The van der Waals surface area contributed by atoms with E-state index >= 15 is 0 Å². The van der Waals surface area contributed by atoms with Gasteiger partial charge in [0.1, 0.15) is 10.7 Å². The summed E-state index contributed by atoms with van der Waals surface area (Å²) in [5.74, 6) is 0.0736. The van der Waals surface area contributed by atoms with Crippen LogP contribution in [0, 0.1) is 5.41 Å². The summed E-state index contributed by atoms with van der Waals surface area (Å²) in [6.07, 6.45) is 7.09. The van der Waals surface area contributed by atoms with Gasteiger partial charge >= 0.3 is 0 Å². The van der Waals surface area contributed by atoms with E-state index in [0.717, 1.165) is 39.1 Å². The van der Waals surface area contributed by atoms with Gasteiger partial charge in [0.25, 0.3) is 5.91 Å². The fraction of sp³-hybridized carbons (Fsp3) is 0.500. The van der Waals surface area contributed by atoms with Gasteiger partial charge in [-0.25, -0.2) is 4.98 Å². The van der Waals surface area contributed by atoms with Gasteiger partial charge in [0.2, 0.25) is 0 Å². The molecule has 1 amide bonds. The van der Waals surface area contributed by atoms with Crippen LogP contribution in [0.3, 0.4) is 0 Å². The molecule has 0 radical (unpaired) electrons. The summed E-state index contributed by atoms with van der Waals surface area (Å²) in [5.41, 5.74) is 0.810. The van der Waals surface area contributed by atoms with Gasteiger partial charge in [0.15, 0.2) is 0 Å². The maximum absolute atomic E-state index is 12.7. The number of likely N-dealkylation sites (tertiary alicyclic amines) is 2. The maximum Gasteiger partial charge on any atom is 0.272 e. The number of thiazole rings is 1. The second-order valence-electron chi connectivity index (χ2n) is 6.93. The highest BCUT2D eigenvalue weighted by Crippen LogP contribution is 2.39. The first-order valence-electron chi connectivity index (χ1n) is 8.55. The second kappa shape index (κ2) is 6.61. The van der Waals surface area contributed by atoms with Gasteiger partial charge in [-0.1, -0.05) is 6.07 Å². The van der Waals surface area contributed by atoms with E-state index in [0.29, 0.717) is 5.69 Å². The van der Waals surface area contributed by atoms with Crippen molar-refractivity contribution in [3.05, 3.63) is 46.7 Å². The highest BCUT2D eigenvalue weighted by atomic mass is 32.1. The summed E-state index contributed by atoms with van der Waals surface area (Å²) in [6.45, 7) is 4.85. The van der Waals surface area contributed by atoms with E-state index in [9.17, 15) is 4.79 Å². The third-order valence-corrected chi connectivity index (χ3v) is 5.96. The van der Waals surface area contributed by atoms with Crippen LogP contribution in [0.15, 0.2) is 36.0 Å². The first-order valence-corrected chi connectivity index (χ1v) is 9.43. The van der Waals surface area contributed by atoms with E-state index < -0.39 is 0 Å². The highest BCUT2D eigenvalue weighted by Gasteiger charge is 2.43. The number of nitrogens with zero attached hydrogens (tertiary/aromatic N) is 4. The lowest BCUT2D eigenvalue weighted by molar-refractivity contribution is 0.0671. The van der Waals surface area contributed by atoms with Crippen LogP contribution >= 0.6 is 11.3 Å². The van der Waals surface area contributed by atoms with E-state index in [4.69, 9.17) is 0 Å². The topological polar surface area (TPSA) is 49.3 Å². The van der Waals surface area contributed by atoms with Crippen molar-refractivity contribution in [1.29, 1.82) is 0 Å². The van der Waals surface area contributed by atoms with Crippen molar-refractivity contribution >= 4 is 17.2 Å². The number of carbonyl (C=O) groups is 1. The van der Waals surface area contributed by atoms with Crippen LogP contribution < -0.4 is 0 Å². The zero-order chi connectivity index (χ0) is 16.4. The number of aromatic nitrogens is 2. The van der Waals surface area contributed by atoms with Gasteiger partial charge in [-0.3, -0.25) is 14.7 Å². The minimum absolute atomic E-state index is 0.0736. The number of hydrogen-bond acceptors (Lipinski definition) is 5. The first-order chi connectivity index (χ1) is 11.7. The predicted molar refractivity (Wildman–Crippen MR) is 93.8 cm³/mol. The largest absolute Gasteiger partial charge is 0.337 e. The van der Waals surface area contributed by atoms with E-state index in [1.807, 2.05) is 34.7 Å². The van der Waals surface area contributed by atoms with Crippen LogP contribution in [-0.4, -0.2) is 51.9 Å². The Morgan fingerprint density at radius 3 is 2.92 bits per heavy atom. The van der Waals surface area contributed by atoms with Crippen molar-refractivity contribution in [3.63, 3.8) is 0 Å². The molecule has 4 heterocycles. The molecular weight excluding hydrogens is 320 g/mol. The van der Waals surface area contributed by atoms with Crippen LogP contribution in [0.2, 0.25) is 0 Å². The Kier molecular flexibility index (Phi) is 4.33. The fourth-order valence-electron chi connectivity index (χ4n) is 4.06. The zero-order valence-electron chi connectivity index (χ0n) is 13.7. The zero-order valence-corrected chi connectivity index (χ0v) is 14.5. The van der Waals surface area contributed by atoms with Gasteiger partial charge in [-0.15, -0.1) is 11.3 Å². The van der Waals surface area contributed by atoms with E-state index in [-0.39, 0.29) is 11.3 Å². The van der Waals surface area contributed by atoms with E-state index in [1.54, 1.807) is 17.5 Å². The van der Waals surface area contributed by atoms with Crippen molar-refractivity contribution in [2.45, 2.75) is 25.8 Å². The van der Waals surface area contributed by atoms with Gasteiger partial charge in [-0.05, 0) is 37.9 Å². The Labute approximate surface area is 146 Å². The number of carbonyl (C=O) groups excluding carboxylic acids is 1. The number of rotatable bonds is 3. The molecule has 0 aromatic carbocycles. The molecule has 0 aliphatic carbocycles. The molecule has 0 unspecified atom stereocenters. The molecule has 126 valence electrons. The Balaban J connectivity index is 1.42. The molecule has 2 aromatic heterocycles. The average molecular weight is 342 g/mol. The van der Waals surface area contributed by atoms with Crippen molar-refractivity contribution in [2.24, 2.45) is 5.41 Å². The molecule has 1 spiro atoms. The van der Waals surface area contributed by atoms with E-state index in [2.05, 4.69) is 14.9 Å². The SMILES string of the molecule is O=C(c1ccccn1)N1CC[C@@]2(CCCN(Cc3nccs3)C2)C1. The number of piperidine rings is 1. The van der Waals surface area contributed by atoms with Gasteiger partial charge in [0.05, 0.1) is 6.54 Å². The van der Waals surface area contributed by atoms with Crippen molar-refractivity contribution in [1.82, 2.24) is 19.8 Å². The molecule has 5 nitrogen and oxygen atoms in total. The molecule has 0 bridgehead atoms. The summed E-state index contributed by atoms with van der Waals surface area (Å²) in [6, 6.07) is 5.53. The standard InChI is InChI=1S/C18H22N4OS/c23-17(15-4-1-2-7-19-15)22-10-6-18(14-22)5-3-9-21(13-18)12-16-20-8-11-24-16/h1-2,4,7-8,11H,3,5-6,9-10,12-14H2/t18-/m1/s1. The molecule has 2 saturated heterocycles. The summed E-state index contributed by atoms with van der Waals surface area (Å²) < 4.78 is 0. The van der Waals surface area contributed by atoms with Crippen LogP contribution in [0.25, 0.3) is 0 Å². The quantitative estimate of drug-likeness (QED) is 0.860. The van der Waals surface area contributed by atoms with Crippen LogP contribution in [0.4, 0.5) is 0 Å². The van der Waals surface area contributed by atoms with Crippen LogP contribution in [0.5, 0.6) is 0 Å². The van der Waals surface area contributed by atoms with Gasteiger partial charge in [0, 0.05) is 42.8 Å². The Morgan fingerprint density at radius 1 is 1.17 bits per heavy atom. The number of hydrogen-bond donors (Lipinski definition) is 0.